The fourth-order valence-electron chi connectivity index (χ4n) is 4.66. The van der Waals surface area contributed by atoms with Gasteiger partial charge in [-0.15, -0.1) is 0 Å². The summed E-state index contributed by atoms with van der Waals surface area (Å²) in [7, 11) is 0. The maximum absolute atomic E-state index is 13.4. The predicted octanol–water partition coefficient (Wildman–Crippen LogP) is 7.30. The Morgan fingerprint density at radius 2 is 1.72 bits per heavy atom. The lowest BCUT2D eigenvalue weighted by Crippen LogP contribution is -2.25. The molecular formula is C29H25Cl3N4O3. The van der Waals surface area contributed by atoms with Crippen molar-refractivity contribution in [2.45, 2.75) is 38.0 Å². The van der Waals surface area contributed by atoms with Crippen LogP contribution in [0.5, 0.6) is 5.75 Å². The molecule has 1 amide bonds. The van der Waals surface area contributed by atoms with Crippen LogP contribution in [0.4, 0.5) is 5.69 Å². The molecule has 5 rings (SSSR count). The molecule has 1 fully saturated rings. The van der Waals surface area contributed by atoms with Crippen molar-refractivity contribution in [3.63, 3.8) is 0 Å². The van der Waals surface area contributed by atoms with Crippen LogP contribution in [-0.2, 0) is 4.79 Å². The quantitative estimate of drug-likeness (QED) is 0.231. The number of nitrogens with one attached hydrogen (secondary N) is 1. The maximum Gasteiger partial charge on any atom is 0.282 e. The lowest BCUT2D eigenvalue weighted by atomic mass is 9.88. The second-order valence-electron chi connectivity index (χ2n) is 9.34. The number of hydrogen-bond acceptors (Lipinski definition) is 5. The summed E-state index contributed by atoms with van der Waals surface area (Å²) in [6.45, 7) is -0.293. The van der Waals surface area contributed by atoms with Gasteiger partial charge in [-0.3, -0.25) is 9.59 Å². The Balaban J connectivity index is 1.37. The molecule has 10 heteroatoms. The van der Waals surface area contributed by atoms with Crippen molar-refractivity contribution in [2.24, 2.45) is 5.10 Å². The summed E-state index contributed by atoms with van der Waals surface area (Å²) in [6.07, 6.45) is 6.85. The van der Waals surface area contributed by atoms with Crippen LogP contribution in [0, 0.1) is 0 Å². The highest BCUT2D eigenvalue weighted by Gasteiger charge is 2.22. The average molecular weight is 584 g/mol. The van der Waals surface area contributed by atoms with Gasteiger partial charge in [0, 0.05) is 16.6 Å². The first-order valence-electron chi connectivity index (χ1n) is 12.6. The zero-order valence-electron chi connectivity index (χ0n) is 20.9. The highest BCUT2D eigenvalue weighted by atomic mass is 35.5. The Morgan fingerprint density at radius 1 is 1.03 bits per heavy atom. The second kappa shape index (κ2) is 12.2. The van der Waals surface area contributed by atoms with Crippen LogP contribution in [0.15, 0.2) is 70.6 Å². The van der Waals surface area contributed by atoms with Crippen LogP contribution in [0.3, 0.4) is 0 Å². The summed E-state index contributed by atoms with van der Waals surface area (Å²) in [5, 5.41) is 8.73. The molecule has 0 spiro atoms. The van der Waals surface area contributed by atoms with Gasteiger partial charge in [0.25, 0.3) is 11.5 Å². The molecule has 0 bridgehead atoms. The first-order chi connectivity index (χ1) is 18.9. The lowest BCUT2D eigenvalue weighted by Gasteiger charge is -2.22. The van der Waals surface area contributed by atoms with E-state index in [1.54, 1.807) is 42.5 Å². The van der Waals surface area contributed by atoms with E-state index < -0.39 is 0 Å². The number of hydrogen-bond donors (Lipinski definition) is 1. The van der Waals surface area contributed by atoms with Crippen molar-refractivity contribution in [3.05, 3.63) is 97.5 Å². The number of amides is 1. The van der Waals surface area contributed by atoms with Gasteiger partial charge in [-0.25, -0.2) is 4.98 Å². The smallest absolute Gasteiger partial charge is 0.282 e. The summed E-state index contributed by atoms with van der Waals surface area (Å²) in [5.74, 6) is 0.622. The first-order valence-corrected chi connectivity index (χ1v) is 13.8. The summed E-state index contributed by atoms with van der Waals surface area (Å²) in [5.41, 5.74) is 1.60. The molecule has 0 radical (unpaired) electrons. The number of ether oxygens (including phenoxy) is 1. The van der Waals surface area contributed by atoms with E-state index in [4.69, 9.17) is 44.5 Å². The minimum atomic E-state index is -0.381. The number of carbonyl (C=O) groups is 1. The van der Waals surface area contributed by atoms with Crippen molar-refractivity contribution in [2.75, 3.05) is 11.9 Å². The molecule has 200 valence electrons. The number of rotatable bonds is 7. The molecular weight excluding hydrogens is 559 g/mol. The van der Waals surface area contributed by atoms with Gasteiger partial charge in [0.2, 0.25) is 0 Å². The molecule has 1 N–H and O–H groups in total. The number of para-hydroxylation sites is 1. The molecule has 0 atom stereocenters. The molecule has 0 unspecified atom stereocenters. The second-order valence-corrected chi connectivity index (χ2v) is 10.6. The van der Waals surface area contributed by atoms with Gasteiger partial charge in [0.1, 0.15) is 5.82 Å². The molecule has 1 aliphatic rings. The molecule has 7 nitrogen and oxygen atoms in total. The zero-order valence-corrected chi connectivity index (χ0v) is 23.1. The Labute approximate surface area is 240 Å². The number of halogens is 3. The number of nitrogens with zero attached hydrogens (tertiary/aromatic N) is 3. The largest absolute Gasteiger partial charge is 0.481 e. The third-order valence-corrected chi connectivity index (χ3v) is 7.38. The van der Waals surface area contributed by atoms with Crippen LogP contribution in [0.2, 0.25) is 15.1 Å². The Morgan fingerprint density at radius 3 is 2.44 bits per heavy atom. The van der Waals surface area contributed by atoms with Crippen molar-refractivity contribution in [1.29, 1.82) is 0 Å². The van der Waals surface area contributed by atoms with Gasteiger partial charge in [-0.05, 0) is 66.9 Å². The molecule has 0 aliphatic heterocycles. The molecule has 1 saturated carbocycles. The third kappa shape index (κ3) is 6.44. The van der Waals surface area contributed by atoms with Crippen LogP contribution in [0.1, 0.15) is 49.4 Å². The van der Waals surface area contributed by atoms with Gasteiger partial charge < -0.3 is 10.1 Å². The van der Waals surface area contributed by atoms with Gasteiger partial charge in [-0.2, -0.15) is 9.78 Å². The SMILES string of the molecule is O=C(COc1c(Cl)cc(C=Nn2c(C3CCCCC3)nc3ccccc3c2=O)cc1Cl)Nc1ccc(Cl)cc1. The molecule has 1 aromatic heterocycles. The van der Waals surface area contributed by atoms with Crippen molar-refractivity contribution in [1.82, 2.24) is 9.66 Å². The van der Waals surface area contributed by atoms with Gasteiger partial charge in [-0.1, -0.05) is 66.2 Å². The minimum absolute atomic E-state index is 0.162. The maximum atomic E-state index is 13.4. The summed E-state index contributed by atoms with van der Waals surface area (Å²) in [6, 6.07) is 17.2. The van der Waals surface area contributed by atoms with Gasteiger partial charge >= 0.3 is 0 Å². The van der Waals surface area contributed by atoms with Crippen LogP contribution in [0.25, 0.3) is 10.9 Å². The predicted molar refractivity (Wildman–Crippen MR) is 157 cm³/mol. The first kappa shape index (κ1) is 27.2. The monoisotopic (exact) mass is 582 g/mol. The lowest BCUT2D eigenvalue weighted by molar-refractivity contribution is -0.118. The zero-order chi connectivity index (χ0) is 27.4. The van der Waals surface area contributed by atoms with Crippen molar-refractivity contribution < 1.29 is 9.53 Å². The average Bonchev–Trinajstić information content (AvgIpc) is 2.94. The fourth-order valence-corrected chi connectivity index (χ4v) is 5.40. The van der Waals surface area contributed by atoms with E-state index in [0.29, 0.717) is 33.0 Å². The molecule has 1 aliphatic carbocycles. The van der Waals surface area contributed by atoms with Crippen molar-refractivity contribution >= 4 is 63.5 Å². The Kier molecular flexibility index (Phi) is 8.50. The van der Waals surface area contributed by atoms with Gasteiger partial charge in [0.15, 0.2) is 12.4 Å². The molecule has 4 aromatic rings. The van der Waals surface area contributed by atoms with Crippen LogP contribution < -0.4 is 15.6 Å². The van der Waals surface area contributed by atoms with Crippen molar-refractivity contribution in [3.8, 4) is 5.75 Å². The van der Waals surface area contributed by atoms with E-state index in [-0.39, 0.29) is 39.8 Å². The van der Waals surface area contributed by atoms with E-state index in [1.807, 2.05) is 18.2 Å². The normalized spacial score (nSPS) is 14.1. The number of anilines is 1. The van der Waals surface area contributed by atoms with E-state index in [2.05, 4.69) is 10.4 Å². The van der Waals surface area contributed by atoms with E-state index in [0.717, 1.165) is 25.7 Å². The number of aromatic nitrogens is 2. The highest BCUT2D eigenvalue weighted by Crippen LogP contribution is 2.34. The Hall–Kier alpha value is -3.39. The summed E-state index contributed by atoms with van der Waals surface area (Å²) < 4.78 is 6.99. The van der Waals surface area contributed by atoms with Crippen LogP contribution >= 0.6 is 34.8 Å². The minimum Gasteiger partial charge on any atom is -0.481 e. The Bertz CT molecular complexity index is 1570. The summed E-state index contributed by atoms with van der Waals surface area (Å²) in [4.78, 5) is 30.5. The van der Waals surface area contributed by atoms with Gasteiger partial charge in [0.05, 0.1) is 27.2 Å². The molecule has 1 heterocycles. The standard InChI is InChI=1S/C29H25Cl3N4O3/c30-20-10-12-21(13-11-20)34-26(37)17-39-27-23(31)14-18(15-24(27)32)16-33-36-28(19-6-2-1-3-7-19)35-25-9-5-4-8-22(25)29(36)38/h4-5,8-16,19H,1-3,6-7,17H2,(H,34,37). The summed E-state index contributed by atoms with van der Waals surface area (Å²) >= 11 is 18.8. The molecule has 3 aromatic carbocycles. The van der Waals surface area contributed by atoms with Crippen LogP contribution in [-0.4, -0.2) is 28.4 Å². The van der Waals surface area contributed by atoms with E-state index in [1.165, 1.54) is 17.3 Å². The molecule has 39 heavy (non-hydrogen) atoms. The number of fused-ring (bicyclic) bond motifs is 1. The van der Waals surface area contributed by atoms with E-state index >= 15 is 0 Å². The number of benzene rings is 3. The topological polar surface area (TPSA) is 85.6 Å². The molecule has 0 saturated heterocycles. The third-order valence-electron chi connectivity index (χ3n) is 6.57. The number of carbonyl (C=O) groups excluding carboxylic acids is 1. The highest BCUT2D eigenvalue weighted by molar-refractivity contribution is 6.37. The fraction of sp³-hybridized carbons (Fsp3) is 0.241. The van der Waals surface area contributed by atoms with E-state index in [9.17, 15) is 9.59 Å².